The summed E-state index contributed by atoms with van der Waals surface area (Å²) in [4.78, 5) is 2.14. The first kappa shape index (κ1) is 15.3. The second kappa shape index (κ2) is 5.67. The van der Waals surface area contributed by atoms with Gasteiger partial charge in [-0.1, -0.05) is 30.3 Å². The summed E-state index contributed by atoms with van der Waals surface area (Å²) < 4.78 is 11.6. The van der Waals surface area contributed by atoms with Crippen molar-refractivity contribution in [2.75, 3.05) is 7.11 Å². The fraction of sp³-hybridized carbons (Fsp3) is 0.316. The fourth-order valence-electron chi connectivity index (χ4n) is 3.52. The maximum atomic E-state index is 6.36. The molecule has 2 aliphatic heterocycles. The summed E-state index contributed by atoms with van der Waals surface area (Å²) in [6.07, 6.45) is 0.861. The van der Waals surface area contributed by atoms with E-state index in [9.17, 15) is 0 Å². The highest BCUT2D eigenvalue weighted by Gasteiger charge is 2.47. The van der Waals surface area contributed by atoms with Crippen molar-refractivity contribution in [2.45, 2.75) is 31.7 Å². The molecule has 2 aromatic carbocycles. The summed E-state index contributed by atoms with van der Waals surface area (Å²) in [5, 5.41) is 4.21. The summed E-state index contributed by atoms with van der Waals surface area (Å²) in [6.45, 7) is 2.81. The van der Waals surface area contributed by atoms with Crippen LogP contribution in [0.4, 0.5) is 0 Å². The third kappa shape index (κ3) is 2.49. The predicted octanol–water partition coefficient (Wildman–Crippen LogP) is 3.63. The highest BCUT2D eigenvalue weighted by atomic mass is 32.1. The third-order valence-electron chi connectivity index (χ3n) is 4.82. The Morgan fingerprint density at radius 1 is 1.25 bits per heavy atom. The summed E-state index contributed by atoms with van der Waals surface area (Å²) >= 11 is 5.64. The molecule has 0 saturated carbocycles. The number of hydrogen-bond donors (Lipinski definition) is 1. The Hall–Kier alpha value is -2.27. The van der Waals surface area contributed by atoms with E-state index in [-0.39, 0.29) is 6.04 Å². The molecule has 2 atom stereocenters. The lowest BCUT2D eigenvalue weighted by Gasteiger charge is -2.52. The Balaban J connectivity index is 1.63. The van der Waals surface area contributed by atoms with E-state index in [1.807, 2.05) is 30.3 Å². The molecule has 0 amide bonds. The van der Waals surface area contributed by atoms with Crippen molar-refractivity contribution >= 4 is 17.3 Å². The summed E-state index contributed by atoms with van der Waals surface area (Å²) in [5.41, 5.74) is 1.91. The molecule has 24 heavy (non-hydrogen) atoms. The van der Waals surface area contributed by atoms with Gasteiger partial charge >= 0.3 is 0 Å². The van der Waals surface area contributed by atoms with Gasteiger partial charge < -0.3 is 19.7 Å². The quantitative estimate of drug-likeness (QED) is 0.863. The lowest BCUT2D eigenvalue weighted by atomic mass is 9.90. The Bertz CT molecular complexity index is 777. The highest BCUT2D eigenvalue weighted by Crippen LogP contribution is 2.44. The molecule has 4 rings (SSSR count). The van der Waals surface area contributed by atoms with Crippen molar-refractivity contribution in [3.05, 3.63) is 59.7 Å². The minimum Gasteiger partial charge on any atom is -0.497 e. The van der Waals surface area contributed by atoms with Crippen LogP contribution in [0.25, 0.3) is 0 Å². The largest absolute Gasteiger partial charge is 0.497 e. The van der Waals surface area contributed by atoms with Gasteiger partial charge in [-0.25, -0.2) is 0 Å². The molecule has 124 valence electrons. The molecule has 1 N–H and O–H groups in total. The normalized spacial score (nSPS) is 24.7. The van der Waals surface area contributed by atoms with E-state index < -0.39 is 5.72 Å². The zero-order valence-electron chi connectivity index (χ0n) is 13.8. The molecule has 4 nitrogen and oxygen atoms in total. The predicted molar refractivity (Wildman–Crippen MR) is 97.1 cm³/mol. The van der Waals surface area contributed by atoms with Crippen LogP contribution in [0.2, 0.25) is 0 Å². The Labute approximate surface area is 147 Å². The molecule has 2 unspecified atom stereocenters. The van der Waals surface area contributed by atoms with Crippen LogP contribution in [0.3, 0.4) is 0 Å². The number of fused-ring (bicyclic) bond motifs is 4. The van der Waals surface area contributed by atoms with Crippen LogP contribution in [-0.2, 0) is 6.54 Å². The molecule has 1 fully saturated rings. The molecule has 2 bridgehead atoms. The van der Waals surface area contributed by atoms with E-state index >= 15 is 0 Å². The Morgan fingerprint density at radius 3 is 2.75 bits per heavy atom. The fourth-order valence-corrected chi connectivity index (χ4v) is 3.92. The van der Waals surface area contributed by atoms with Crippen LogP contribution in [0.1, 0.15) is 30.5 Å². The first-order valence-electron chi connectivity index (χ1n) is 8.08. The third-order valence-corrected chi connectivity index (χ3v) is 5.16. The van der Waals surface area contributed by atoms with E-state index in [1.165, 1.54) is 11.1 Å². The Morgan fingerprint density at radius 2 is 2.00 bits per heavy atom. The molecule has 0 spiro atoms. The average molecular weight is 340 g/mol. The van der Waals surface area contributed by atoms with Crippen LogP contribution < -0.4 is 14.8 Å². The van der Waals surface area contributed by atoms with Crippen LogP contribution in [0.5, 0.6) is 11.5 Å². The van der Waals surface area contributed by atoms with Crippen LogP contribution in [-0.4, -0.2) is 22.8 Å². The second-order valence-corrected chi connectivity index (χ2v) is 6.84. The van der Waals surface area contributed by atoms with Gasteiger partial charge in [-0.15, -0.1) is 0 Å². The minimum absolute atomic E-state index is 0.208. The van der Waals surface area contributed by atoms with Crippen molar-refractivity contribution in [3.63, 3.8) is 0 Å². The number of para-hydroxylation sites is 1. The van der Waals surface area contributed by atoms with Crippen molar-refractivity contribution in [3.8, 4) is 11.5 Å². The maximum absolute atomic E-state index is 6.36. The van der Waals surface area contributed by atoms with Crippen LogP contribution >= 0.6 is 12.2 Å². The maximum Gasteiger partial charge on any atom is 0.184 e. The monoisotopic (exact) mass is 340 g/mol. The van der Waals surface area contributed by atoms with Crippen LogP contribution in [0.15, 0.2) is 48.5 Å². The standard InChI is InChI=1S/C19H20N2O2S/c1-19-11-16(15-5-3-4-6-17(15)23-19)20-18(24)21(19)12-13-7-9-14(22-2)10-8-13/h3-10,16H,11-12H2,1-2H3,(H,20,24). The smallest absolute Gasteiger partial charge is 0.184 e. The van der Waals surface area contributed by atoms with E-state index in [0.717, 1.165) is 23.0 Å². The number of benzene rings is 2. The molecule has 2 heterocycles. The summed E-state index contributed by atoms with van der Waals surface area (Å²) in [6, 6.07) is 16.5. The number of methoxy groups -OCH3 is 1. The Kier molecular flexibility index (Phi) is 3.61. The minimum atomic E-state index is -0.443. The van der Waals surface area contributed by atoms with Gasteiger partial charge in [0.2, 0.25) is 0 Å². The van der Waals surface area contributed by atoms with Gasteiger partial charge in [-0.2, -0.15) is 0 Å². The van der Waals surface area contributed by atoms with Gasteiger partial charge in [-0.3, -0.25) is 0 Å². The lowest BCUT2D eigenvalue weighted by molar-refractivity contribution is -0.0722. The zero-order chi connectivity index (χ0) is 16.7. The van der Waals surface area contributed by atoms with Gasteiger partial charge in [0.05, 0.1) is 13.2 Å². The number of thiocarbonyl (C=S) groups is 1. The van der Waals surface area contributed by atoms with Crippen LogP contribution in [0, 0.1) is 0 Å². The van der Waals surface area contributed by atoms with Gasteiger partial charge in [0, 0.05) is 18.5 Å². The van der Waals surface area contributed by atoms with E-state index in [2.05, 4.69) is 35.3 Å². The van der Waals surface area contributed by atoms with Crippen molar-refractivity contribution in [1.29, 1.82) is 0 Å². The van der Waals surface area contributed by atoms with Crippen molar-refractivity contribution < 1.29 is 9.47 Å². The molecule has 0 aromatic heterocycles. The second-order valence-electron chi connectivity index (χ2n) is 6.46. The number of nitrogens with zero attached hydrogens (tertiary/aromatic N) is 1. The SMILES string of the molecule is COc1ccc(CN2C(=S)NC3CC2(C)Oc2ccccc23)cc1. The number of nitrogens with one attached hydrogen (secondary N) is 1. The molecule has 2 aromatic rings. The van der Waals surface area contributed by atoms with Gasteiger partial charge in [0.1, 0.15) is 11.5 Å². The van der Waals surface area contributed by atoms with E-state index in [4.69, 9.17) is 21.7 Å². The molecular formula is C19H20N2O2S. The van der Waals surface area contributed by atoms with Crippen molar-refractivity contribution in [2.24, 2.45) is 0 Å². The van der Waals surface area contributed by atoms with E-state index in [0.29, 0.717) is 6.54 Å². The number of rotatable bonds is 3. The first-order chi connectivity index (χ1) is 11.6. The summed E-state index contributed by atoms with van der Waals surface area (Å²) in [5.74, 6) is 1.79. The lowest BCUT2D eigenvalue weighted by Crippen LogP contribution is -2.64. The van der Waals surface area contributed by atoms with Gasteiger partial charge in [0.15, 0.2) is 10.8 Å². The first-order valence-corrected chi connectivity index (χ1v) is 8.49. The molecule has 0 aliphatic carbocycles. The molecule has 1 saturated heterocycles. The number of ether oxygens (including phenoxy) is 2. The molecule has 0 radical (unpaired) electrons. The van der Waals surface area contributed by atoms with E-state index in [1.54, 1.807) is 7.11 Å². The topological polar surface area (TPSA) is 33.7 Å². The highest BCUT2D eigenvalue weighted by molar-refractivity contribution is 7.80. The molecular weight excluding hydrogens is 320 g/mol. The number of hydrogen-bond acceptors (Lipinski definition) is 3. The summed E-state index contributed by atoms with van der Waals surface area (Å²) in [7, 11) is 1.67. The molecule has 2 aliphatic rings. The zero-order valence-corrected chi connectivity index (χ0v) is 14.6. The average Bonchev–Trinajstić information content (AvgIpc) is 2.59. The van der Waals surface area contributed by atoms with Gasteiger partial charge in [0.25, 0.3) is 0 Å². The van der Waals surface area contributed by atoms with Crippen molar-refractivity contribution in [1.82, 2.24) is 10.2 Å². The molecule has 5 heteroatoms. The van der Waals surface area contributed by atoms with Gasteiger partial charge in [-0.05, 0) is 42.9 Å².